The van der Waals surface area contributed by atoms with Crippen LogP contribution in [0.4, 0.5) is 4.39 Å². The second kappa shape index (κ2) is 6.84. The number of halogens is 1. The largest absolute Gasteiger partial charge is 0.472 e. The molecule has 1 unspecified atom stereocenters. The minimum atomic E-state index is -0.186. The number of hydrogen-bond acceptors (Lipinski definition) is 5. The van der Waals surface area contributed by atoms with Gasteiger partial charge in [0.15, 0.2) is 0 Å². The molecule has 2 aromatic heterocycles. The fraction of sp³-hybridized carbons (Fsp3) is 0.278. The molecule has 1 saturated heterocycles. The van der Waals surface area contributed by atoms with E-state index in [4.69, 9.17) is 9.40 Å². The van der Waals surface area contributed by atoms with Gasteiger partial charge in [-0.2, -0.15) is 0 Å². The zero-order chi connectivity index (χ0) is 16.4. The molecular formula is C18H18FN3OS. The number of thiazole rings is 1. The van der Waals surface area contributed by atoms with Gasteiger partial charge in [0, 0.05) is 43.2 Å². The lowest BCUT2D eigenvalue weighted by molar-refractivity contribution is 0.152. The first-order valence-electron chi connectivity index (χ1n) is 7.97. The van der Waals surface area contributed by atoms with Gasteiger partial charge in [0.25, 0.3) is 0 Å². The van der Waals surface area contributed by atoms with Crippen LogP contribution in [0.5, 0.6) is 0 Å². The van der Waals surface area contributed by atoms with Gasteiger partial charge in [-0.1, -0.05) is 12.1 Å². The van der Waals surface area contributed by atoms with Gasteiger partial charge in [-0.15, -0.1) is 11.3 Å². The smallest absolute Gasteiger partial charge is 0.126 e. The molecule has 1 aliphatic rings. The van der Waals surface area contributed by atoms with Crippen molar-refractivity contribution in [2.24, 2.45) is 0 Å². The molecule has 3 heterocycles. The number of furan rings is 1. The van der Waals surface area contributed by atoms with Gasteiger partial charge in [0.1, 0.15) is 17.1 Å². The average molecular weight is 343 g/mol. The molecule has 3 aromatic rings. The maximum atomic E-state index is 13.6. The summed E-state index contributed by atoms with van der Waals surface area (Å²) in [5.74, 6) is -0.186. The fourth-order valence-corrected chi connectivity index (χ4v) is 3.88. The predicted octanol–water partition coefficient (Wildman–Crippen LogP) is 3.69. The molecule has 6 heteroatoms. The standard InChI is InChI=1S/C18H18FN3OS/c19-15-3-1-2-13(8-15)17-9-20-5-6-22(17)10-16-12-24-18(21-16)14-4-7-23-11-14/h1-4,7-8,11-12,17,20H,5-6,9-10H2. The molecule has 124 valence electrons. The summed E-state index contributed by atoms with van der Waals surface area (Å²) in [5, 5.41) is 6.46. The molecular weight excluding hydrogens is 325 g/mol. The minimum Gasteiger partial charge on any atom is -0.472 e. The van der Waals surface area contributed by atoms with Crippen molar-refractivity contribution in [3.63, 3.8) is 0 Å². The monoisotopic (exact) mass is 343 g/mol. The highest BCUT2D eigenvalue weighted by molar-refractivity contribution is 7.13. The lowest BCUT2D eigenvalue weighted by Gasteiger charge is -2.36. The molecule has 0 aliphatic carbocycles. The van der Waals surface area contributed by atoms with Crippen LogP contribution < -0.4 is 5.32 Å². The lowest BCUT2D eigenvalue weighted by Crippen LogP contribution is -2.45. The Bertz CT molecular complexity index is 802. The van der Waals surface area contributed by atoms with Gasteiger partial charge in [-0.05, 0) is 23.8 Å². The fourth-order valence-electron chi connectivity index (χ4n) is 3.08. The van der Waals surface area contributed by atoms with Crippen LogP contribution in [0.25, 0.3) is 10.6 Å². The van der Waals surface area contributed by atoms with Crippen LogP contribution >= 0.6 is 11.3 Å². The molecule has 0 radical (unpaired) electrons. The van der Waals surface area contributed by atoms with Crippen molar-refractivity contribution in [3.05, 3.63) is 65.3 Å². The van der Waals surface area contributed by atoms with Crippen molar-refractivity contribution in [2.75, 3.05) is 19.6 Å². The number of rotatable bonds is 4. The van der Waals surface area contributed by atoms with Gasteiger partial charge in [0.2, 0.25) is 0 Å². The molecule has 1 N–H and O–H groups in total. The molecule has 1 atom stereocenters. The SMILES string of the molecule is Fc1cccc(C2CNCCN2Cc2csc(-c3ccoc3)n2)c1. The van der Waals surface area contributed by atoms with Crippen LogP contribution in [0.15, 0.2) is 52.7 Å². The van der Waals surface area contributed by atoms with Crippen LogP contribution in [0.1, 0.15) is 17.3 Å². The summed E-state index contributed by atoms with van der Waals surface area (Å²) in [6.07, 6.45) is 3.37. The summed E-state index contributed by atoms with van der Waals surface area (Å²) in [5.41, 5.74) is 3.06. The Morgan fingerprint density at radius 2 is 2.33 bits per heavy atom. The summed E-state index contributed by atoms with van der Waals surface area (Å²) in [4.78, 5) is 7.08. The maximum absolute atomic E-state index is 13.6. The number of piperazine rings is 1. The van der Waals surface area contributed by atoms with Crippen LogP contribution in [0, 0.1) is 5.82 Å². The zero-order valence-electron chi connectivity index (χ0n) is 13.1. The number of nitrogens with zero attached hydrogens (tertiary/aromatic N) is 2. The van der Waals surface area contributed by atoms with Crippen molar-refractivity contribution >= 4 is 11.3 Å². The summed E-state index contributed by atoms with van der Waals surface area (Å²) in [6, 6.07) is 8.96. The first kappa shape index (κ1) is 15.5. The Morgan fingerprint density at radius 1 is 1.38 bits per heavy atom. The van der Waals surface area contributed by atoms with Gasteiger partial charge in [-0.25, -0.2) is 9.37 Å². The highest BCUT2D eigenvalue weighted by atomic mass is 32.1. The summed E-state index contributed by atoms with van der Waals surface area (Å²) in [7, 11) is 0. The third kappa shape index (κ3) is 3.26. The number of hydrogen-bond donors (Lipinski definition) is 1. The van der Waals surface area contributed by atoms with Gasteiger partial charge >= 0.3 is 0 Å². The van der Waals surface area contributed by atoms with Crippen molar-refractivity contribution < 1.29 is 8.81 Å². The Balaban J connectivity index is 1.53. The molecule has 24 heavy (non-hydrogen) atoms. The highest BCUT2D eigenvalue weighted by Gasteiger charge is 2.24. The number of benzene rings is 1. The first-order valence-corrected chi connectivity index (χ1v) is 8.85. The van der Waals surface area contributed by atoms with Crippen LogP contribution in [-0.4, -0.2) is 29.5 Å². The Hall–Kier alpha value is -2.02. The lowest BCUT2D eigenvalue weighted by atomic mass is 10.0. The molecule has 4 nitrogen and oxygen atoms in total. The number of nitrogens with one attached hydrogen (secondary N) is 1. The van der Waals surface area contributed by atoms with E-state index in [1.807, 2.05) is 12.1 Å². The zero-order valence-corrected chi connectivity index (χ0v) is 13.9. The Labute approximate surface area is 143 Å². The van der Waals surface area contributed by atoms with E-state index in [1.54, 1.807) is 36.0 Å². The molecule has 0 spiro atoms. The molecule has 1 aliphatic heterocycles. The molecule has 1 fully saturated rings. The van der Waals surface area contributed by atoms with Crippen LogP contribution in [0.2, 0.25) is 0 Å². The van der Waals surface area contributed by atoms with E-state index >= 15 is 0 Å². The van der Waals surface area contributed by atoms with E-state index < -0.39 is 0 Å². The molecule has 0 amide bonds. The van der Waals surface area contributed by atoms with E-state index in [9.17, 15) is 4.39 Å². The van der Waals surface area contributed by atoms with Crippen molar-refractivity contribution in [3.8, 4) is 10.6 Å². The third-order valence-electron chi connectivity index (χ3n) is 4.27. The summed E-state index contributed by atoms with van der Waals surface area (Å²) < 4.78 is 18.7. The highest BCUT2D eigenvalue weighted by Crippen LogP contribution is 2.28. The summed E-state index contributed by atoms with van der Waals surface area (Å²) in [6.45, 7) is 3.43. The van der Waals surface area contributed by atoms with Crippen molar-refractivity contribution in [1.82, 2.24) is 15.2 Å². The van der Waals surface area contributed by atoms with Gasteiger partial charge < -0.3 is 9.73 Å². The van der Waals surface area contributed by atoms with Crippen molar-refractivity contribution in [1.29, 1.82) is 0 Å². The predicted molar refractivity (Wildman–Crippen MR) is 92.2 cm³/mol. The second-order valence-corrected chi connectivity index (χ2v) is 6.76. The van der Waals surface area contributed by atoms with Gasteiger partial charge in [-0.3, -0.25) is 4.90 Å². The Kier molecular flexibility index (Phi) is 4.42. The van der Waals surface area contributed by atoms with E-state index in [0.717, 1.165) is 48.0 Å². The second-order valence-electron chi connectivity index (χ2n) is 5.90. The van der Waals surface area contributed by atoms with E-state index in [2.05, 4.69) is 15.6 Å². The third-order valence-corrected chi connectivity index (χ3v) is 5.21. The number of aromatic nitrogens is 1. The van der Waals surface area contributed by atoms with Crippen molar-refractivity contribution in [2.45, 2.75) is 12.6 Å². The molecule has 0 saturated carbocycles. The Morgan fingerprint density at radius 3 is 3.17 bits per heavy atom. The first-order chi connectivity index (χ1) is 11.8. The maximum Gasteiger partial charge on any atom is 0.126 e. The normalized spacial score (nSPS) is 18.8. The topological polar surface area (TPSA) is 41.3 Å². The van der Waals surface area contributed by atoms with Gasteiger partial charge in [0.05, 0.1) is 12.0 Å². The van der Waals surface area contributed by atoms with Crippen LogP contribution in [0.3, 0.4) is 0 Å². The van der Waals surface area contributed by atoms with E-state index in [-0.39, 0.29) is 11.9 Å². The summed E-state index contributed by atoms with van der Waals surface area (Å²) >= 11 is 1.62. The van der Waals surface area contributed by atoms with E-state index in [1.165, 1.54) is 6.07 Å². The molecule has 0 bridgehead atoms. The molecule has 4 rings (SSSR count). The molecule has 1 aromatic carbocycles. The van der Waals surface area contributed by atoms with E-state index in [0.29, 0.717) is 0 Å². The van der Waals surface area contributed by atoms with Crippen LogP contribution in [-0.2, 0) is 6.54 Å². The minimum absolute atomic E-state index is 0.161. The average Bonchev–Trinajstić information content (AvgIpc) is 3.26. The quantitative estimate of drug-likeness (QED) is 0.784.